The molecule has 0 saturated carbocycles. The van der Waals surface area contributed by atoms with Gasteiger partial charge in [0.25, 0.3) is 0 Å². The van der Waals surface area contributed by atoms with Crippen LogP contribution in [-0.2, 0) is 17.2 Å². The minimum atomic E-state index is -0.546. The summed E-state index contributed by atoms with van der Waals surface area (Å²) in [6.07, 6.45) is 3.23. The van der Waals surface area contributed by atoms with Gasteiger partial charge in [-0.2, -0.15) is 0 Å². The lowest BCUT2D eigenvalue weighted by Crippen LogP contribution is -2.36. The van der Waals surface area contributed by atoms with Gasteiger partial charge in [0.05, 0.1) is 0 Å². The second-order valence-electron chi connectivity index (χ2n) is 4.75. The molecule has 0 spiro atoms. The van der Waals surface area contributed by atoms with Gasteiger partial charge in [-0.25, -0.2) is 0 Å². The summed E-state index contributed by atoms with van der Waals surface area (Å²) in [5, 5.41) is 3.58. The Hall–Kier alpha value is -0.670. The molecule has 1 N–H and O–H groups in total. The molecule has 1 saturated heterocycles. The highest BCUT2D eigenvalue weighted by atomic mass is 32.2. The van der Waals surface area contributed by atoms with E-state index < -0.39 is 10.8 Å². The van der Waals surface area contributed by atoms with Gasteiger partial charge < -0.3 is 5.32 Å². The number of benzene rings is 1. The van der Waals surface area contributed by atoms with E-state index >= 15 is 0 Å². The fraction of sp³-hybridized carbons (Fsp3) is 0.571. The highest BCUT2D eigenvalue weighted by Crippen LogP contribution is 2.10. The third-order valence-electron chi connectivity index (χ3n) is 3.48. The monoisotopic (exact) mass is 251 g/mol. The van der Waals surface area contributed by atoms with E-state index in [0.29, 0.717) is 6.04 Å². The quantitative estimate of drug-likeness (QED) is 0.887. The van der Waals surface area contributed by atoms with Crippen molar-refractivity contribution in [3.8, 4) is 0 Å². The van der Waals surface area contributed by atoms with Crippen LogP contribution in [0.15, 0.2) is 24.3 Å². The van der Waals surface area contributed by atoms with Gasteiger partial charge >= 0.3 is 0 Å². The highest BCUT2D eigenvalue weighted by Gasteiger charge is 2.16. The summed E-state index contributed by atoms with van der Waals surface area (Å²) in [5.74, 6) is 1.75. The van der Waals surface area contributed by atoms with E-state index in [1.807, 2.05) is 0 Å². The van der Waals surface area contributed by atoms with E-state index in [2.05, 4.69) is 36.5 Å². The van der Waals surface area contributed by atoms with Gasteiger partial charge in [0.1, 0.15) is 0 Å². The average molecular weight is 251 g/mol. The zero-order valence-corrected chi connectivity index (χ0v) is 11.3. The Labute approximate surface area is 106 Å². The lowest BCUT2D eigenvalue weighted by molar-refractivity contribution is 0.479. The molecule has 1 fully saturated rings. The molecule has 1 aliphatic heterocycles. The van der Waals surface area contributed by atoms with Crippen molar-refractivity contribution >= 4 is 10.8 Å². The van der Waals surface area contributed by atoms with Gasteiger partial charge in [-0.1, -0.05) is 24.3 Å². The third-order valence-corrected chi connectivity index (χ3v) is 4.86. The third kappa shape index (κ3) is 3.93. The SMILES string of the molecule is Cc1ccccc1CCNC1CCS(=O)CC1. The first-order valence-electron chi connectivity index (χ1n) is 6.38. The van der Waals surface area contributed by atoms with E-state index in [0.717, 1.165) is 37.3 Å². The molecule has 0 aliphatic carbocycles. The van der Waals surface area contributed by atoms with E-state index in [9.17, 15) is 4.21 Å². The van der Waals surface area contributed by atoms with Gasteiger partial charge in [-0.3, -0.25) is 4.21 Å². The zero-order chi connectivity index (χ0) is 12.1. The standard InChI is InChI=1S/C14H21NOS/c1-12-4-2-3-5-13(12)6-9-15-14-7-10-17(16)11-8-14/h2-5,14-15H,6-11H2,1H3. The molecule has 17 heavy (non-hydrogen) atoms. The van der Waals surface area contributed by atoms with Crippen LogP contribution in [0.4, 0.5) is 0 Å². The Morgan fingerprint density at radius 3 is 2.71 bits per heavy atom. The number of rotatable bonds is 4. The number of hydrogen-bond acceptors (Lipinski definition) is 2. The fourth-order valence-corrected chi connectivity index (χ4v) is 3.60. The Morgan fingerprint density at radius 2 is 2.00 bits per heavy atom. The minimum Gasteiger partial charge on any atom is -0.314 e. The summed E-state index contributed by atoms with van der Waals surface area (Å²) in [4.78, 5) is 0. The van der Waals surface area contributed by atoms with Crippen molar-refractivity contribution in [1.82, 2.24) is 5.32 Å². The maximum absolute atomic E-state index is 11.2. The van der Waals surface area contributed by atoms with Gasteiger partial charge in [-0.05, 0) is 43.9 Å². The van der Waals surface area contributed by atoms with Crippen molar-refractivity contribution in [3.05, 3.63) is 35.4 Å². The van der Waals surface area contributed by atoms with Crippen molar-refractivity contribution in [2.75, 3.05) is 18.1 Å². The van der Waals surface area contributed by atoms with Gasteiger partial charge in [0.2, 0.25) is 0 Å². The van der Waals surface area contributed by atoms with Crippen molar-refractivity contribution in [2.45, 2.75) is 32.2 Å². The highest BCUT2D eigenvalue weighted by molar-refractivity contribution is 7.85. The van der Waals surface area contributed by atoms with Crippen LogP contribution in [0.1, 0.15) is 24.0 Å². The first kappa shape index (κ1) is 12.8. The van der Waals surface area contributed by atoms with Crippen molar-refractivity contribution in [2.24, 2.45) is 0 Å². The number of hydrogen-bond donors (Lipinski definition) is 1. The van der Waals surface area contributed by atoms with E-state index in [4.69, 9.17) is 0 Å². The molecule has 0 bridgehead atoms. The number of aryl methyl sites for hydroxylation is 1. The normalized spacial score (nSPS) is 24.8. The van der Waals surface area contributed by atoms with Crippen molar-refractivity contribution in [3.63, 3.8) is 0 Å². The van der Waals surface area contributed by atoms with Crippen LogP contribution in [0.3, 0.4) is 0 Å². The molecule has 3 heteroatoms. The first-order chi connectivity index (χ1) is 8.25. The molecule has 1 aliphatic rings. The van der Waals surface area contributed by atoms with E-state index in [1.165, 1.54) is 11.1 Å². The molecule has 1 aromatic rings. The van der Waals surface area contributed by atoms with Crippen molar-refractivity contribution < 1.29 is 4.21 Å². The summed E-state index contributed by atoms with van der Waals surface area (Å²) in [7, 11) is -0.546. The smallest absolute Gasteiger partial charge is 0.0249 e. The Bertz CT molecular complexity index is 382. The molecule has 2 rings (SSSR count). The van der Waals surface area contributed by atoms with Crippen LogP contribution >= 0.6 is 0 Å². The molecule has 0 aromatic heterocycles. The molecule has 0 atom stereocenters. The Balaban J connectivity index is 1.73. The molecule has 0 radical (unpaired) electrons. The van der Waals surface area contributed by atoms with Crippen LogP contribution in [0.2, 0.25) is 0 Å². The van der Waals surface area contributed by atoms with Gasteiger partial charge in [-0.15, -0.1) is 0 Å². The topological polar surface area (TPSA) is 29.1 Å². The summed E-state index contributed by atoms with van der Waals surface area (Å²) in [6, 6.07) is 9.14. The molecular formula is C14H21NOS. The van der Waals surface area contributed by atoms with Gasteiger partial charge in [0, 0.05) is 28.3 Å². The molecule has 0 amide bonds. The van der Waals surface area contributed by atoms with Gasteiger partial charge in [0.15, 0.2) is 0 Å². The minimum absolute atomic E-state index is 0.546. The summed E-state index contributed by atoms with van der Waals surface area (Å²) in [6.45, 7) is 3.20. The van der Waals surface area contributed by atoms with Crippen LogP contribution in [0.25, 0.3) is 0 Å². The predicted octanol–water partition coefficient (Wildman–Crippen LogP) is 2.04. The largest absolute Gasteiger partial charge is 0.314 e. The zero-order valence-electron chi connectivity index (χ0n) is 10.4. The maximum Gasteiger partial charge on any atom is 0.0249 e. The molecule has 2 nitrogen and oxygen atoms in total. The van der Waals surface area contributed by atoms with Crippen molar-refractivity contribution in [1.29, 1.82) is 0 Å². The van der Waals surface area contributed by atoms with Crippen LogP contribution in [0.5, 0.6) is 0 Å². The van der Waals surface area contributed by atoms with Crippen LogP contribution in [0, 0.1) is 6.92 Å². The number of nitrogens with one attached hydrogen (secondary N) is 1. The second-order valence-corrected chi connectivity index (χ2v) is 6.45. The summed E-state index contributed by atoms with van der Waals surface area (Å²) >= 11 is 0. The summed E-state index contributed by atoms with van der Waals surface area (Å²) < 4.78 is 11.2. The molecule has 0 unspecified atom stereocenters. The molecule has 1 aromatic carbocycles. The van der Waals surface area contributed by atoms with E-state index in [1.54, 1.807) is 0 Å². The first-order valence-corrected chi connectivity index (χ1v) is 7.87. The fourth-order valence-electron chi connectivity index (χ4n) is 2.30. The second kappa shape index (κ2) is 6.31. The maximum atomic E-state index is 11.2. The lowest BCUT2D eigenvalue weighted by atomic mass is 10.1. The Kier molecular flexibility index (Phi) is 4.75. The summed E-state index contributed by atoms with van der Waals surface area (Å²) in [5.41, 5.74) is 2.80. The van der Waals surface area contributed by atoms with E-state index in [-0.39, 0.29) is 0 Å². The van der Waals surface area contributed by atoms with Crippen LogP contribution < -0.4 is 5.32 Å². The molecule has 1 heterocycles. The predicted molar refractivity (Wildman–Crippen MR) is 73.8 cm³/mol. The van der Waals surface area contributed by atoms with Crippen LogP contribution in [-0.4, -0.2) is 28.3 Å². The lowest BCUT2D eigenvalue weighted by Gasteiger charge is -2.22. The average Bonchev–Trinajstić information content (AvgIpc) is 2.34. The molecular weight excluding hydrogens is 230 g/mol. The molecule has 94 valence electrons. The Morgan fingerprint density at radius 1 is 1.29 bits per heavy atom.